The molecule has 3 aromatic carbocycles. The van der Waals surface area contributed by atoms with Gasteiger partial charge in [-0.25, -0.2) is 8.42 Å². The van der Waals surface area contributed by atoms with E-state index in [1.807, 2.05) is 50.2 Å². The normalized spacial score (nSPS) is 12.2. The number of amides is 2. The summed E-state index contributed by atoms with van der Waals surface area (Å²) in [5, 5.41) is 2.64. The molecule has 0 fully saturated rings. The first kappa shape index (κ1) is 28.9. The SMILES string of the molecule is CCC(C(=O)NC)N(Cc1ccccc1C)C(=O)CN(c1ccc(C(C)C)cc1)S(=O)(=O)c1ccccc1. The first-order valence-corrected chi connectivity index (χ1v) is 14.3. The Morgan fingerprint density at radius 1 is 0.895 bits per heavy atom. The number of nitrogens with one attached hydrogen (secondary N) is 1. The summed E-state index contributed by atoms with van der Waals surface area (Å²) in [5.74, 6) is -0.489. The van der Waals surface area contributed by atoms with Gasteiger partial charge < -0.3 is 10.2 Å². The minimum atomic E-state index is -4.07. The number of rotatable bonds is 11. The lowest BCUT2D eigenvalue weighted by atomic mass is 10.0. The minimum absolute atomic E-state index is 0.0875. The Morgan fingerprint density at radius 3 is 2.05 bits per heavy atom. The van der Waals surface area contributed by atoms with E-state index in [4.69, 9.17) is 0 Å². The van der Waals surface area contributed by atoms with Crippen LogP contribution in [0.2, 0.25) is 0 Å². The quantitative estimate of drug-likeness (QED) is 0.380. The molecule has 0 heterocycles. The summed E-state index contributed by atoms with van der Waals surface area (Å²) in [6.07, 6.45) is 0.381. The lowest BCUT2D eigenvalue weighted by molar-refractivity contribution is -0.140. The molecule has 1 atom stereocenters. The number of anilines is 1. The van der Waals surface area contributed by atoms with Crippen molar-refractivity contribution in [1.29, 1.82) is 0 Å². The van der Waals surface area contributed by atoms with Gasteiger partial charge in [-0.15, -0.1) is 0 Å². The van der Waals surface area contributed by atoms with Crippen molar-refractivity contribution in [2.75, 3.05) is 17.9 Å². The summed E-state index contributed by atoms with van der Waals surface area (Å²) < 4.78 is 28.8. The van der Waals surface area contributed by atoms with Crippen LogP contribution in [0.3, 0.4) is 0 Å². The summed E-state index contributed by atoms with van der Waals surface area (Å²) in [4.78, 5) is 28.3. The van der Waals surface area contributed by atoms with E-state index in [2.05, 4.69) is 19.2 Å². The Hall–Kier alpha value is -3.65. The Morgan fingerprint density at radius 2 is 1.50 bits per heavy atom. The molecule has 0 bridgehead atoms. The third-order valence-corrected chi connectivity index (χ3v) is 8.48. The predicted octanol–water partition coefficient (Wildman–Crippen LogP) is 4.87. The summed E-state index contributed by atoms with van der Waals surface area (Å²) in [5.41, 5.74) is 3.32. The third kappa shape index (κ3) is 6.61. The zero-order valence-electron chi connectivity index (χ0n) is 22.7. The Balaban J connectivity index is 2.07. The Bertz CT molecular complexity index is 1340. The van der Waals surface area contributed by atoms with Gasteiger partial charge in [-0.3, -0.25) is 13.9 Å². The zero-order chi connectivity index (χ0) is 27.9. The number of carbonyl (C=O) groups is 2. The van der Waals surface area contributed by atoms with Crippen LogP contribution in [0.4, 0.5) is 5.69 Å². The maximum absolute atomic E-state index is 14.0. The predicted molar refractivity (Wildman–Crippen MR) is 151 cm³/mol. The summed E-state index contributed by atoms with van der Waals surface area (Å²) >= 11 is 0. The molecule has 8 heteroatoms. The fraction of sp³-hybridized carbons (Fsp3) is 0.333. The smallest absolute Gasteiger partial charge is 0.264 e. The van der Waals surface area contributed by atoms with E-state index in [1.165, 1.54) is 24.1 Å². The van der Waals surface area contributed by atoms with E-state index in [0.717, 1.165) is 21.0 Å². The van der Waals surface area contributed by atoms with E-state index in [-0.39, 0.29) is 23.3 Å². The number of hydrogen-bond acceptors (Lipinski definition) is 4. The number of carbonyl (C=O) groups excluding carboxylic acids is 2. The molecule has 0 saturated carbocycles. The van der Waals surface area contributed by atoms with Gasteiger partial charge in [0, 0.05) is 13.6 Å². The van der Waals surface area contributed by atoms with Crippen molar-refractivity contribution in [1.82, 2.24) is 10.2 Å². The second-order valence-electron chi connectivity index (χ2n) is 9.56. The van der Waals surface area contributed by atoms with Crippen LogP contribution in [0.5, 0.6) is 0 Å². The topological polar surface area (TPSA) is 86.8 Å². The van der Waals surface area contributed by atoms with Crippen molar-refractivity contribution >= 4 is 27.5 Å². The molecular weight excluding hydrogens is 498 g/mol. The van der Waals surface area contributed by atoms with Gasteiger partial charge in [-0.05, 0) is 60.2 Å². The van der Waals surface area contributed by atoms with Gasteiger partial charge >= 0.3 is 0 Å². The highest BCUT2D eigenvalue weighted by Gasteiger charge is 2.33. The van der Waals surface area contributed by atoms with E-state index in [9.17, 15) is 18.0 Å². The van der Waals surface area contributed by atoms with E-state index in [0.29, 0.717) is 12.1 Å². The van der Waals surface area contributed by atoms with Crippen LogP contribution in [0.15, 0.2) is 83.8 Å². The van der Waals surface area contributed by atoms with Gasteiger partial charge in [0.25, 0.3) is 10.0 Å². The van der Waals surface area contributed by atoms with Crippen LogP contribution in [0.25, 0.3) is 0 Å². The molecule has 1 N–H and O–H groups in total. The second kappa shape index (κ2) is 12.7. The number of aryl methyl sites for hydroxylation is 1. The van der Waals surface area contributed by atoms with E-state index >= 15 is 0 Å². The number of hydrogen-bond donors (Lipinski definition) is 1. The van der Waals surface area contributed by atoms with Gasteiger partial charge in [0.2, 0.25) is 11.8 Å². The molecule has 38 heavy (non-hydrogen) atoms. The average Bonchev–Trinajstić information content (AvgIpc) is 2.92. The maximum atomic E-state index is 14.0. The minimum Gasteiger partial charge on any atom is -0.357 e. The van der Waals surface area contributed by atoms with Crippen LogP contribution >= 0.6 is 0 Å². The maximum Gasteiger partial charge on any atom is 0.264 e. The Kier molecular flexibility index (Phi) is 9.69. The summed E-state index contributed by atoms with van der Waals surface area (Å²) in [6, 6.07) is 22.2. The highest BCUT2D eigenvalue weighted by molar-refractivity contribution is 7.92. The van der Waals surface area contributed by atoms with Gasteiger partial charge in [0.05, 0.1) is 10.6 Å². The highest BCUT2D eigenvalue weighted by atomic mass is 32.2. The van der Waals surface area contributed by atoms with Gasteiger partial charge in [0.1, 0.15) is 12.6 Å². The van der Waals surface area contributed by atoms with Crippen LogP contribution in [-0.2, 0) is 26.2 Å². The largest absolute Gasteiger partial charge is 0.357 e. The van der Waals surface area contributed by atoms with E-state index < -0.39 is 28.5 Å². The number of sulfonamides is 1. The molecule has 202 valence electrons. The second-order valence-corrected chi connectivity index (χ2v) is 11.4. The first-order valence-electron chi connectivity index (χ1n) is 12.8. The summed E-state index contributed by atoms with van der Waals surface area (Å²) in [7, 11) is -2.54. The molecule has 0 radical (unpaired) electrons. The van der Waals surface area contributed by atoms with Gasteiger partial charge in [-0.1, -0.05) is 75.4 Å². The fourth-order valence-electron chi connectivity index (χ4n) is 4.33. The lowest BCUT2D eigenvalue weighted by Crippen LogP contribution is -2.51. The zero-order valence-corrected chi connectivity index (χ0v) is 23.5. The molecule has 0 spiro atoms. The van der Waals surface area contributed by atoms with Crippen molar-refractivity contribution in [3.8, 4) is 0 Å². The molecule has 0 aliphatic rings. The molecule has 2 amide bonds. The summed E-state index contributed by atoms with van der Waals surface area (Å²) in [6.45, 7) is 7.64. The average molecular weight is 536 g/mol. The molecule has 0 aromatic heterocycles. The van der Waals surface area contributed by atoms with Crippen molar-refractivity contribution in [3.05, 3.63) is 95.6 Å². The standard InChI is InChI=1S/C30H37N3O4S/c1-6-28(30(35)31-5)32(20-25-13-11-10-12-23(25)4)29(34)21-33(26-18-16-24(17-19-26)22(2)3)38(36,37)27-14-8-7-9-15-27/h7-19,22,28H,6,20-21H2,1-5H3,(H,31,35). The molecule has 1 unspecified atom stereocenters. The lowest BCUT2D eigenvalue weighted by Gasteiger charge is -2.33. The molecular formula is C30H37N3O4S. The molecule has 0 aliphatic carbocycles. The van der Waals surface area contributed by atoms with Crippen LogP contribution in [0, 0.1) is 6.92 Å². The number of benzene rings is 3. The van der Waals surface area contributed by atoms with Crippen molar-refractivity contribution in [2.24, 2.45) is 0 Å². The fourth-order valence-corrected chi connectivity index (χ4v) is 5.77. The Labute approximate surface area is 226 Å². The van der Waals surface area contributed by atoms with Crippen LogP contribution in [-0.4, -0.2) is 44.8 Å². The van der Waals surface area contributed by atoms with Crippen molar-refractivity contribution in [3.63, 3.8) is 0 Å². The third-order valence-electron chi connectivity index (χ3n) is 6.69. The van der Waals surface area contributed by atoms with E-state index in [1.54, 1.807) is 30.3 Å². The van der Waals surface area contributed by atoms with Gasteiger partial charge in [-0.2, -0.15) is 0 Å². The van der Waals surface area contributed by atoms with Gasteiger partial charge in [0.15, 0.2) is 0 Å². The van der Waals surface area contributed by atoms with Crippen molar-refractivity contribution in [2.45, 2.75) is 57.5 Å². The molecule has 0 aliphatic heterocycles. The van der Waals surface area contributed by atoms with Crippen molar-refractivity contribution < 1.29 is 18.0 Å². The molecule has 3 aromatic rings. The molecule has 7 nitrogen and oxygen atoms in total. The molecule has 0 saturated heterocycles. The van der Waals surface area contributed by atoms with Crippen LogP contribution in [0.1, 0.15) is 49.8 Å². The molecule has 3 rings (SSSR count). The van der Waals surface area contributed by atoms with Crippen LogP contribution < -0.4 is 9.62 Å². The number of likely N-dealkylation sites (N-methyl/N-ethyl adjacent to an activating group) is 1. The monoisotopic (exact) mass is 535 g/mol. The highest BCUT2D eigenvalue weighted by Crippen LogP contribution is 2.27. The first-order chi connectivity index (χ1) is 18.1. The number of nitrogens with zero attached hydrogens (tertiary/aromatic N) is 2.